The van der Waals surface area contributed by atoms with E-state index in [1.807, 2.05) is 0 Å². The highest BCUT2D eigenvalue weighted by Crippen LogP contribution is 2.06. The average Bonchev–Trinajstić information content (AvgIpc) is 2.09. The van der Waals surface area contributed by atoms with Gasteiger partial charge in [0.15, 0.2) is 0 Å². The van der Waals surface area contributed by atoms with Crippen LogP contribution in [0.25, 0.3) is 0 Å². The van der Waals surface area contributed by atoms with Gasteiger partial charge in [-0.1, -0.05) is 12.1 Å². The van der Waals surface area contributed by atoms with Crippen molar-refractivity contribution in [1.82, 2.24) is 4.24 Å². The van der Waals surface area contributed by atoms with Crippen molar-refractivity contribution < 1.29 is 12.8 Å². The number of rotatable bonds is 3. The summed E-state index contributed by atoms with van der Waals surface area (Å²) in [5, 5.41) is 0. The summed E-state index contributed by atoms with van der Waals surface area (Å²) >= 11 is 4.96. The first-order valence-corrected chi connectivity index (χ1v) is 5.41. The molecule has 13 heavy (non-hydrogen) atoms. The Hall–Kier alpha value is -0.650. The number of benzene rings is 1. The van der Waals surface area contributed by atoms with Gasteiger partial charge in [0, 0.05) is 0 Å². The second kappa shape index (κ2) is 4.04. The molecule has 1 aromatic carbocycles. The molecule has 3 nitrogen and oxygen atoms in total. The van der Waals surface area contributed by atoms with E-state index in [-0.39, 0.29) is 5.75 Å². The van der Waals surface area contributed by atoms with Crippen LogP contribution in [0, 0.1) is 5.82 Å². The number of hydrogen-bond acceptors (Lipinski definition) is 2. The standard InChI is InChI=1S/C7H7ClFNO2S/c8-10-13(11,12)5-6-1-3-7(9)4-2-6/h1-4,10H,5H2. The summed E-state index contributed by atoms with van der Waals surface area (Å²) in [4.78, 5) is 0. The minimum Gasteiger partial charge on any atom is -0.211 e. The largest absolute Gasteiger partial charge is 0.229 e. The van der Waals surface area contributed by atoms with Gasteiger partial charge in [0.1, 0.15) is 5.82 Å². The van der Waals surface area contributed by atoms with E-state index in [1.165, 1.54) is 24.3 Å². The summed E-state index contributed by atoms with van der Waals surface area (Å²) < 4.78 is 35.9. The molecular weight excluding hydrogens is 217 g/mol. The highest BCUT2D eigenvalue weighted by Gasteiger charge is 2.08. The maximum atomic E-state index is 12.4. The Morgan fingerprint density at radius 3 is 2.31 bits per heavy atom. The third-order valence-corrected chi connectivity index (χ3v) is 3.04. The van der Waals surface area contributed by atoms with Crippen LogP contribution >= 0.6 is 11.8 Å². The third kappa shape index (κ3) is 3.30. The molecule has 0 atom stereocenters. The fourth-order valence-electron chi connectivity index (χ4n) is 0.827. The van der Waals surface area contributed by atoms with Crippen molar-refractivity contribution in [3.8, 4) is 0 Å². The predicted molar refractivity (Wildman–Crippen MR) is 48.0 cm³/mol. The van der Waals surface area contributed by atoms with Gasteiger partial charge in [-0.25, -0.2) is 12.8 Å². The van der Waals surface area contributed by atoms with E-state index in [9.17, 15) is 12.8 Å². The molecule has 0 unspecified atom stereocenters. The zero-order valence-electron chi connectivity index (χ0n) is 6.50. The Morgan fingerprint density at radius 2 is 1.85 bits per heavy atom. The minimum atomic E-state index is -3.49. The van der Waals surface area contributed by atoms with E-state index in [2.05, 4.69) is 0 Å². The van der Waals surface area contributed by atoms with Gasteiger partial charge in [0.05, 0.1) is 5.75 Å². The summed E-state index contributed by atoms with van der Waals surface area (Å²) in [6.45, 7) is 0. The van der Waals surface area contributed by atoms with Crippen LogP contribution in [-0.2, 0) is 15.8 Å². The van der Waals surface area contributed by atoms with Crippen molar-refractivity contribution in [1.29, 1.82) is 0 Å². The van der Waals surface area contributed by atoms with Crippen LogP contribution in [0.5, 0.6) is 0 Å². The van der Waals surface area contributed by atoms with E-state index in [0.29, 0.717) is 5.56 Å². The number of hydrogen-bond donors (Lipinski definition) is 1. The van der Waals surface area contributed by atoms with E-state index < -0.39 is 15.8 Å². The van der Waals surface area contributed by atoms with E-state index in [0.717, 1.165) is 0 Å². The average molecular weight is 224 g/mol. The maximum Gasteiger partial charge on any atom is 0.229 e. The molecule has 0 spiro atoms. The van der Waals surface area contributed by atoms with Gasteiger partial charge in [-0.05, 0) is 29.5 Å². The molecule has 0 bridgehead atoms. The first kappa shape index (κ1) is 10.4. The molecule has 1 rings (SSSR count). The molecule has 0 aliphatic rings. The van der Waals surface area contributed by atoms with Gasteiger partial charge in [-0.15, -0.1) is 4.24 Å². The summed E-state index contributed by atoms with van der Waals surface area (Å²) in [6, 6.07) is 5.17. The lowest BCUT2D eigenvalue weighted by molar-refractivity contribution is 0.592. The highest BCUT2D eigenvalue weighted by atomic mass is 35.5. The van der Waals surface area contributed by atoms with Crippen LogP contribution < -0.4 is 4.24 Å². The van der Waals surface area contributed by atoms with Crippen molar-refractivity contribution in [3.63, 3.8) is 0 Å². The van der Waals surface area contributed by atoms with E-state index in [4.69, 9.17) is 11.8 Å². The van der Waals surface area contributed by atoms with Crippen LogP contribution in [0.3, 0.4) is 0 Å². The Bertz CT molecular complexity index is 376. The lowest BCUT2D eigenvalue weighted by Crippen LogP contribution is -2.15. The highest BCUT2D eigenvalue weighted by molar-refractivity contribution is 7.89. The quantitative estimate of drug-likeness (QED) is 0.788. The van der Waals surface area contributed by atoms with Crippen LogP contribution in [0.1, 0.15) is 5.56 Å². The zero-order valence-corrected chi connectivity index (χ0v) is 8.07. The molecule has 0 fully saturated rings. The van der Waals surface area contributed by atoms with Crippen LogP contribution in [0.4, 0.5) is 4.39 Å². The topological polar surface area (TPSA) is 46.2 Å². The summed E-state index contributed by atoms with van der Waals surface area (Å²) in [5.74, 6) is -0.656. The third-order valence-electron chi connectivity index (χ3n) is 1.39. The molecule has 72 valence electrons. The van der Waals surface area contributed by atoms with Crippen molar-refractivity contribution in [3.05, 3.63) is 35.6 Å². The number of sulfonamides is 1. The summed E-state index contributed by atoms with van der Waals surface area (Å²) in [6.07, 6.45) is 0. The Labute approximate surface area is 80.7 Å². The Balaban J connectivity index is 2.82. The molecule has 0 saturated carbocycles. The molecule has 0 heterocycles. The van der Waals surface area contributed by atoms with Gasteiger partial charge in [-0.2, -0.15) is 0 Å². The fourth-order valence-corrected chi connectivity index (χ4v) is 1.68. The monoisotopic (exact) mass is 223 g/mol. The van der Waals surface area contributed by atoms with Crippen molar-refractivity contribution in [2.45, 2.75) is 5.75 Å². The molecule has 0 aliphatic heterocycles. The normalized spacial score (nSPS) is 11.5. The first-order valence-electron chi connectivity index (χ1n) is 3.38. The van der Waals surface area contributed by atoms with Crippen molar-refractivity contribution >= 4 is 21.8 Å². The molecule has 0 radical (unpaired) electrons. The van der Waals surface area contributed by atoms with Crippen LogP contribution in [0.15, 0.2) is 24.3 Å². The van der Waals surface area contributed by atoms with Gasteiger partial charge in [0.25, 0.3) is 0 Å². The smallest absolute Gasteiger partial charge is 0.211 e. The van der Waals surface area contributed by atoms with Gasteiger partial charge in [-0.3, -0.25) is 0 Å². The van der Waals surface area contributed by atoms with Gasteiger partial charge >= 0.3 is 0 Å². The Kier molecular flexibility index (Phi) is 3.24. The second-order valence-electron chi connectivity index (χ2n) is 2.46. The molecule has 1 aromatic rings. The maximum absolute atomic E-state index is 12.4. The molecular formula is C7H7ClFNO2S. The lowest BCUT2D eigenvalue weighted by atomic mass is 10.2. The predicted octanol–water partition coefficient (Wildman–Crippen LogP) is 1.40. The number of nitrogens with one attached hydrogen (secondary N) is 1. The molecule has 0 aliphatic carbocycles. The SMILES string of the molecule is O=S(=O)(Cc1ccc(F)cc1)NCl. The lowest BCUT2D eigenvalue weighted by Gasteiger charge is -2.00. The molecule has 0 amide bonds. The number of halogens is 2. The molecule has 0 saturated heterocycles. The Morgan fingerprint density at radius 1 is 1.31 bits per heavy atom. The second-order valence-corrected chi connectivity index (χ2v) is 4.60. The minimum absolute atomic E-state index is 0.253. The van der Waals surface area contributed by atoms with Crippen LogP contribution in [0.2, 0.25) is 0 Å². The van der Waals surface area contributed by atoms with E-state index in [1.54, 1.807) is 4.24 Å². The summed E-state index contributed by atoms with van der Waals surface area (Å²) in [5.41, 5.74) is 0.481. The van der Waals surface area contributed by atoms with Crippen LogP contribution in [-0.4, -0.2) is 8.42 Å². The molecule has 6 heteroatoms. The van der Waals surface area contributed by atoms with Gasteiger partial charge < -0.3 is 0 Å². The van der Waals surface area contributed by atoms with Crippen molar-refractivity contribution in [2.75, 3.05) is 0 Å². The van der Waals surface area contributed by atoms with Gasteiger partial charge in [0.2, 0.25) is 10.0 Å². The fraction of sp³-hybridized carbons (Fsp3) is 0.143. The van der Waals surface area contributed by atoms with E-state index >= 15 is 0 Å². The zero-order chi connectivity index (χ0) is 9.90. The first-order chi connectivity index (χ1) is 6.03. The molecule has 1 N–H and O–H groups in total. The summed E-state index contributed by atoms with van der Waals surface area (Å²) in [7, 11) is -3.49. The van der Waals surface area contributed by atoms with Crippen molar-refractivity contribution in [2.24, 2.45) is 0 Å². The molecule has 0 aromatic heterocycles.